The molecule has 0 spiro atoms. The summed E-state index contributed by atoms with van der Waals surface area (Å²) in [5, 5.41) is 19.6. The first-order valence-electron chi connectivity index (χ1n) is 5.84. The summed E-state index contributed by atoms with van der Waals surface area (Å²) in [6, 6.07) is 10.5. The number of amides is 2. The number of hydrogen-bond acceptors (Lipinski definition) is 3. The number of nitriles is 1. The van der Waals surface area contributed by atoms with Gasteiger partial charge in [0.05, 0.1) is 18.9 Å². The summed E-state index contributed by atoms with van der Waals surface area (Å²) in [7, 11) is 0. The van der Waals surface area contributed by atoms with Gasteiger partial charge in [0.1, 0.15) is 0 Å². The molecule has 0 bridgehead atoms. The molecule has 1 aromatic carbocycles. The molecular weight excluding hydrogens is 246 g/mol. The van der Waals surface area contributed by atoms with Gasteiger partial charge in [-0.2, -0.15) is 5.26 Å². The fraction of sp³-hybridized carbons (Fsp3) is 0.308. The molecule has 0 atom stereocenters. The Hall–Kier alpha value is -2.55. The third kappa shape index (κ3) is 5.08. The maximum atomic E-state index is 11.9. The van der Waals surface area contributed by atoms with E-state index in [1.54, 1.807) is 24.3 Å². The summed E-state index contributed by atoms with van der Waals surface area (Å²) in [6.45, 7) is 0.323. The maximum Gasteiger partial charge on any atom is 0.321 e. The molecule has 1 aromatic rings. The van der Waals surface area contributed by atoms with Gasteiger partial charge in [-0.15, -0.1) is 0 Å². The van der Waals surface area contributed by atoms with E-state index in [4.69, 9.17) is 10.4 Å². The van der Waals surface area contributed by atoms with Crippen LogP contribution in [-0.2, 0) is 4.79 Å². The number of nitrogens with one attached hydrogen (secondary N) is 1. The van der Waals surface area contributed by atoms with Gasteiger partial charge in [-0.25, -0.2) is 4.79 Å². The van der Waals surface area contributed by atoms with Gasteiger partial charge >= 0.3 is 12.0 Å². The Kier molecular flexibility index (Phi) is 5.89. The van der Waals surface area contributed by atoms with Gasteiger partial charge in [-0.05, 0) is 12.1 Å². The number of carbonyl (C=O) groups is 2. The van der Waals surface area contributed by atoms with Crippen molar-refractivity contribution in [2.24, 2.45) is 0 Å². The lowest BCUT2D eigenvalue weighted by molar-refractivity contribution is -0.136. The lowest BCUT2D eigenvalue weighted by atomic mass is 10.3. The molecule has 100 valence electrons. The molecule has 6 nitrogen and oxygen atoms in total. The number of carboxylic acid groups (broad SMARTS) is 1. The molecule has 0 radical (unpaired) electrons. The van der Waals surface area contributed by atoms with E-state index in [9.17, 15) is 9.59 Å². The molecular formula is C13H15N3O3. The molecule has 0 aliphatic carbocycles. The Morgan fingerprint density at radius 2 is 2.00 bits per heavy atom. The second-order valence-electron chi connectivity index (χ2n) is 3.77. The van der Waals surface area contributed by atoms with Crippen molar-refractivity contribution in [1.82, 2.24) is 5.32 Å². The Morgan fingerprint density at radius 1 is 1.32 bits per heavy atom. The number of hydrogen-bond donors (Lipinski definition) is 2. The van der Waals surface area contributed by atoms with Crippen LogP contribution < -0.4 is 10.2 Å². The first-order chi connectivity index (χ1) is 9.15. The van der Waals surface area contributed by atoms with Gasteiger partial charge in [0.15, 0.2) is 0 Å². The Balaban J connectivity index is 2.66. The first-order valence-corrected chi connectivity index (χ1v) is 5.84. The van der Waals surface area contributed by atoms with Crippen molar-refractivity contribution >= 4 is 17.7 Å². The molecule has 19 heavy (non-hydrogen) atoms. The van der Waals surface area contributed by atoms with Crippen molar-refractivity contribution in [2.45, 2.75) is 12.8 Å². The Bertz CT molecular complexity index is 468. The van der Waals surface area contributed by atoms with E-state index in [-0.39, 0.29) is 25.9 Å². The summed E-state index contributed by atoms with van der Waals surface area (Å²) in [5.74, 6) is -0.969. The van der Waals surface area contributed by atoms with Gasteiger partial charge in [0.25, 0.3) is 0 Å². The quantitative estimate of drug-likeness (QED) is 0.813. The zero-order chi connectivity index (χ0) is 14.1. The lowest BCUT2D eigenvalue weighted by Crippen LogP contribution is -2.41. The van der Waals surface area contributed by atoms with Crippen LogP contribution >= 0.6 is 0 Å². The highest BCUT2D eigenvalue weighted by Gasteiger charge is 2.14. The van der Waals surface area contributed by atoms with E-state index >= 15 is 0 Å². The number of carbonyl (C=O) groups excluding carboxylic acids is 1. The number of carboxylic acids is 1. The van der Waals surface area contributed by atoms with Crippen molar-refractivity contribution in [1.29, 1.82) is 5.26 Å². The Labute approximate surface area is 111 Å². The summed E-state index contributed by atoms with van der Waals surface area (Å²) in [4.78, 5) is 23.7. The molecule has 0 saturated heterocycles. The predicted octanol–water partition coefficient (Wildman–Crippen LogP) is 1.59. The van der Waals surface area contributed by atoms with Crippen LogP contribution in [0.25, 0.3) is 0 Å². The zero-order valence-corrected chi connectivity index (χ0v) is 10.4. The topological polar surface area (TPSA) is 93.4 Å². The van der Waals surface area contributed by atoms with E-state index in [1.807, 2.05) is 12.1 Å². The molecule has 0 heterocycles. The van der Waals surface area contributed by atoms with Crippen LogP contribution in [0, 0.1) is 11.3 Å². The second-order valence-corrected chi connectivity index (χ2v) is 3.77. The SMILES string of the molecule is N#CCCN(C(=O)NCCC(=O)O)c1ccccc1. The molecule has 0 saturated carbocycles. The van der Waals surface area contributed by atoms with Gasteiger partial charge in [-0.1, -0.05) is 18.2 Å². The lowest BCUT2D eigenvalue weighted by Gasteiger charge is -2.22. The Morgan fingerprint density at radius 3 is 2.58 bits per heavy atom. The average Bonchev–Trinajstić information content (AvgIpc) is 2.40. The number of benzene rings is 1. The van der Waals surface area contributed by atoms with Crippen molar-refractivity contribution in [3.8, 4) is 6.07 Å². The van der Waals surface area contributed by atoms with Gasteiger partial charge in [0.2, 0.25) is 0 Å². The monoisotopic (exact) mass is 261 g/mol. The van der Waals surface area contributed by atoms with Crippen LogP contribution in [0.1, 0.15) is 12.8 Å². The highest BCUT2D eigenvalue weighted by molar-refractivity contribution is 5.92. The van der Waals surface area contributed by atoms with Crippen molar-refractivity contribution in [3.63, 3.8) is 0 Å². The highest BCUT2D eigenvalue weighted by atomic mass is 16.4. The molecule has 2 N–H and O–H groups in total. The number of nitrogens with zero attached hydrogens (tertiary/aromatic N) is 2. The minimum Gasteiger partial charge on any atom is -0.481 e. The van der Waals surface area contributed by atoms with Crippen LogP contribution in [0.15, 0.2) is 30.3 Å². The van der Waals surface area contributed by atoms with Gasteiger partial charge in [-0.3, -0.25) is 9.69 Å². The third-order valence-corrected chi connectivity index (χ3v) is 2.38. The van der Waals surface area contributed by atoms with Crippen molar-refractivity contribution in [3.05, 3.63) is 30.3 Å². The molecule has 1 rings (SSSR count). The van der Waals surface area contributed by atoms with Gasteiger partial charge < -0.3 is 10.4 Å². The van der Waals surface area contributed by atoms with E-state index in [0.717, 1.165) is 0 Å². The molecule has 2 amide bonds. The molecule has 6 heteroatoms. The summed E-state index contributed by atoms with van der Waals surface area (Å²) < 4.78 is 0. The second kappa shape index (κ2) is 7.71. The van der Waals surface area contributed by atoms with Crippen LogP contribution in [-0.4, -0.2) is 30.2 Å². The smallest absolute Gasteiger partial charge is 0.321 e. The third-order valence-electron chi connectivity index (χ3n) is 2.38. The van der Waals surface area contributed by atoms with Crippen LogP contribution in [0.3, 0.4) is 0 Å². The number of urea groups is 1. The van der Waals surface area contributed by atoms with Crippen LogP contribution in [0.5, 0.6) is 0 Å². The molecule has 0 aromatic heterocycles. The van der Waals surface area contributed by atoms with Crippen molar-refractivity contribution in [2.75, 3.05) is 18.0 Å². The number of aliphatic carboxylic acids is 1. The molecule has 0 aliphatic heterocycles. The fourth-order valence-electron chi connectivity index (χ4n) is 1.49. The average molecular weight is 261 g/mol. The number of para-hydroxylation sites is 1. The summed E-state index contributed by atoms with van der Waals surface area (Å²) in [5.41, 5.74) is 0.672. The van der Waals surface area contributed by atoms with Gasteiger partial charge in [0, 0.05) is 18.8 Å². The van der Waals surface area contributed by atoms with E-state index < -0.39 is 12.0 Å². The highest BCUT2D eigenvalue weighted by Crippen LogP contribution is 2.13. The van der Waals surface area contributed by atoms with E-state index in [0.29, 0.717) is 5.69 Å². The van der Waals surface area contributed by atoms with Crippen LogP contribution in [0.4, 0.5) is 10.5 Å². The zero-order valence-electron chi connectivity index (χ0n) is 10.4. The largest absolute Gasteiger partial charge is 0.481 e. The normalized spacial score (nSPS) is 9.42. The molecule has 0 aliphatic rings. The summed E-state index contributed by atoms with van der Waals surface area (Å²) in [6.07, 6.45) is 0.0772. The molecule has 0 unspecified atom stereocenters. The fourth-order valence-corrected chi connectivity index (χ4v) is 1.49. The minimum absolute atomic E-state index is 0.0596. The predicted molar refractivity (Wildman–Crippen MR) is 69.7 cm³/mol. The van der Waals surface area contributed by atoms with Crippen LogP contribution in [0.2, 0.25) is 0 Å². The minimum atomic E-state index is -0.969. The van der Waals surface area contributed by atoms with Crippen molar-refractivity contribution < 1.29 is 14.7 Å². The van der Waals surface area contributed by atoms with E-state index in [2.05, 4.69) is 5.32 Å². The van der Waals surface area contributed by atoms with E-state index in [1.165, 1.54) is 4.90 Å². The first kappa shape index (κ1) is 14.5. The number of anilines is 1. The summed E-state index contributed by atoms with van der Waals surface area (Å²) >= 11 is 0. The molecule has 0 fully saturated rings. The standard InChI is InChI=1S/C13H15N3O3/c14-8-4-10-16(11-5-2-1-3-6-11)13(19)15-9-7-12(17)18/h1-3,5-6H,4,7,9-10H2,(H,15,19)(H,17,18). The number of rotatable bonds is 6. The maximum absolute atomic E-state index is 11.9.